The van der Waals surface area contributed by atoms with E-state index in [1.54, 1.807) is 0 Å². The van der Waals surface area contributed by atoms with Crippen LogP contribution in [0.25, 0.3) is 0 Å². The van der Waals surface area contributed by atoms with Crippen LogP contribution in [0.5, 0.6) is 0 Å². The zero-order valence-corrected chi connectivity index (χ0v) is 6.33. The third-order valence-electron chi connectivity index (χ3n) is 1.24. The van der Waals surface area contributed by atoms with Gasteiger partial charge in [0.25, 0.3) is 5.91 Å². The van der Waals surface area contributed by atoms with Crippen molar-refractivity contribution in [2.75, 3.05) is 20.3 Å². The molecule has 0 aliphatic carbocycles. The maximum absolute atomic E-state index is 10.9. The van der Waals surface area contributed by atoms with Gasteiger partial charge in [0.15, 0.2) is 0 Å². The molecule has 64 valence electrons. The lowest BCUT2D eigenvalue weighted by molar-refractivity contribution is -0.198. The molecule has 0 unspecified atom stereocenters. The Labute approximate surface area is 64.6 Å². The molecule has 0 aromatic heterocycles. The lowest BCUT2D eigenvalue weighted by Gasteiger charge is -2.21. The van der Waals surface area contributed by atoms with Crippen LogP contribution in [0.15, 0.2) is 0 Å². The molecule has 1 aliphatic heterocycles. The fourth-order valence-electron chi connectivity index (χ4n) is 0.788. The molecule has 11 heavy (non-hydrogen) atoms. The van der Waals surface area contributed by atoms with Crippen LogP contribution in [-0.2, 0) is 19.1 Å². The van der Waals surface area contributed by atoms with Crippen molar-refractivity contribution in [3.8, 4) is 0 Å². The second-order valence-electron chi connectivity index (χ2n) is 2.10. The van der Waals surface area contributed by atoms with Crippen molar-refractivity contribution in [1.29, 1.82) is 0 Å². The van der Waals surface area contributed by atoms with Crippen molar-refractivity contribution in [2.24, 2.45) is 0 Å². The van der Waals surface area contributed by atoms with Gasteiger partial charge in [-0.3, -0.25) is 9.63 Å². The van der Waals surface area contributed by atoms with Gasteiger partial charge in [0.2, 0.25) is 6.29 Å². The number of carbonyl (C=O) groups is 1. The van der Waals surface area contributed by atoms with Gasteiger partial charge in [-0.15, -0.1) is 0 Å². The Morgan fingerprint density at radius 2 is 2.18 bits per heavy atom. The summed E-state index contributed by atoms with van der Waals surface area (Å²) in [5.41, 5.74) is 2.13. The third-order valence-corrected chi connectivity index (χ3v) is 1.24. The van der Waals surface area contributed by atoms with Gasteiger partial charge in [0.1, 0.15) is 0 Å². The number of hydrogen-bond acceptors (Lipinski definition) is 4. The highest BCUT2D eigenvalue weighted by Gasteiger charge is 2.22. The Hall–Kier alpha value is -0.650. The molecule has 5 nitrogen and oxygen atoms in total. The molecule has 1 amide bonds. The van der Waals surface area contributed by atoms with Crippen molar-refractivity contribution >= 4 is 5.91 Å². The van der Waals surface area contributed by atoms with Gasteiger partial charge < -0.3 is 9.47 Å². The number of ether oxygens (including phenoxy) is 2. The molecule has 1 fully saturated rings. The van der Waals surface area contributed by atoms with Gasteiger partial charge in [-0.1, -0.05) is 0 Å². The van der Waals surface area contributed by atoms with E-state index in [2.05, 4.69) is 10.3 Å². The highest BCUT2D eigenvalue weighted by molar-refractivity contribution is 5.78. The largest absolute Gasteiger partial charge is 0.344 e. The van der Waals surface area contributed by atoms with E-state index in [0.717, 1.165) is 6.42 Å². The summed E-state index contributed by atoms with van der Waals surface area (Å²) in [4.78, 5) is 15.3. The summed E-state index contributed by atoms with van der Waals surface area (Å²) >= 11 is 0. The Morgan fingerprint density at radius 3 is 2.73 bits per heavy atom. The standard InChI is InChI=1S/C6H11NO4/c1-9-7-5(8)6-10-3-2-4-11-6/h6H,2-4H2,1H3,(H,7,8). The van der Waals surface area contributed by atoms with Gasteiger partial charge in [-0.25, -0.2) is 5.48 Å². The molecule has 1 rings (SSSR count). The topological polar surface area (TPSA) is 56.8 Å². The minimum Gasteiger partial charge on any atom is -0.344 e. The zero-order valence-electron chi connectivity index (χ0n) is 6.33. The summed E-state index contributed by atoms with van der Waals surface area (Å²) in [6.07, 6.45) is 0.0280. The van der Waals surface area contributed by atoms with E-state index in [0.29, 0.717) is 13.2 Å². The maximum Gasteiger partial charge on any atom is 0.300 e. The molecule has 0 bridgehead atoms. The van der Waals surface area contributed by atoms with Crippen LogP contribution in [0.1, 0.15) is 6.42 Å². The summed E-state index contributed by atoms with van der Waals surface area (Å²) in [7, 11) is 1.36. The molecular weight excluding hydrogens is 150 g/mol. The molecule has 1 saturated heterocycles. The van der Waals surface area contributed by atoms with Crippen molar-refractivity contribution < 1.29 is 19.1 Å². The quantitative estimate of drug-likeness (QED) is 0.551. The number of carbonyl (C=O) groups excluding carboxylic acids is 1. The maximum atomic E-state index is 10.9. The normalized spacial score (nSPS) is 19.7. The second-order valence-corrected chi connectivity index (χ2v) is 2.10. The number of hydroxylamine groups is 1. The molecule has 1 N–H and O–H groups in total. The van der Waals surface area contributed by atoms with Crippen molar-refractivity contribution in [1.82, 2.24) is 5.48 Å². The first-order chi connectivity index (χ1) is 5.34. The molecule has 1 heterocycles. The number of nitrogens with one attached hydrogen (secondary N) is 1. The Morgan fingerprint density at radius 1 is 1.55 bits per heavy atom. The average Bonchev–Trinajstić information content (AvgIpc) is 2.07. The molecule has 0 spiro atoms. The molecule has 0 radical (unpaired) electrons. The minimum absolute atomic E-state index is 0.396. The monoisotopic (exact) mass is 161 g/mol. The molecule has 0 aromatic rings. The van der Waals surface area contributed by atoms with E-state index in [1.807, 2.05) is 0 Å². The van der Waals surface area contributed by atoms with Crippen LogP contribution in [0.4, 0.5) is 0 Å². The van der Waals surface area contributed by atoms with Crippen LogP contribution in [0.2, 0.25) is 0 Å². The van der Waals surface area contributed by atoms with Crippen LogP contribution in [-0.4, -0.2) is 32.5 Å². The van der Waals surface area contributed by atoms with Crippen LogP contribution < -0.4 is 5.48 Å². The summed E-state index contributed by atoms with van der Waals surface area (Å²) in [5, 5.41) is 0. The van der Waals surface area contributed by atoms with Crippen molar-refractivity contribution in [3.63, 3.8) is 0 Å². The van der Waals surface area contributed by atoms with Crippen LogP contribution in [0, 0.1) is 0 Å². The van der Waals surface area contributed by atoms with E-state index < -0.39 is 12.2 Å². The fourth-order valence-corrected chi connectivity index (χ4v) is 0.788. The van der Waals surface area contributed by atoms with Crippen molar-refractivity contribution in [3.05, 3.63) is 0 Å². The van der Waals surface area contributed by atoms with Gasteiger partial charge in [0, 0.05) is 0 Å². The first kappa shape index (κ1) is 8.45. The second kappa shape index (κ2) is 4.27. The Kier molecular flexibility index (Phi) is 3.28. The highest BCUT2D eigenvalue weighted by atomic mass is 16.7. The van der Waals surface area contributed by atoms with E-state index in [4.69, 9.17) is 9.47 Å². The van der Waals surface area contributed by atoms with Crippen LogP contribution >= 0.6 is 0 Å². The van der Waals surface area contributed by atoms with E-state index >= 15 is 0 Å². The minimum atomic E-state index is -0.802. The summed E-state index contributed by atoms with van der Waals surface area (Å²) < 4.78 is 9.96. The van der Waals surface area contributed by atoms with Gasteiger partial charge in [0.05, 0.1) is 20.3 Å². The van der Waals surface area contributed by atoms with Crippen LogP contribution in [0.3, 0.4) is 0 Å². The summed E-state index contributed by atoms with van der Waals surface area (Å²) in [5.74, 6) is -0.396. The van der Waals surface area contributed by atoms with E-state index in [-0.39, 0.29) is 0 Å². The lowest BCUT2D eigenvalue weighted by Crippen LogP contribution is -2.40. The predicted molar refractivity (Wildman–Crippen MR) is 35.5 cm³/mol. The van der Waals surface area contributed by atoms with Crippen molar-refractivity contribution in [2.45, 2.75) is 12.7 Å². The van der Waals surface area contributed by atoms with E-state index in [9.17, 15) is 4.79 Å². The number of hydrogen-bond donors (Lipinski definition) is 1. The molecule has 0 saturated carbocycles. The summed E-state index contributed by atoms with van der Waals surface area (Å²) in [6.45, 7) is 1.11. The molecular formula is C6H11NO4. The first-order valence-electron chi connectivity index (χ1n) is 3.40. The summed E-state index contributed by atoms with van der Waals surface area (Å²) in [6, 6.07) is 0. The Balaban J connectivity index is 2.27. The predicted octanol–water partition coefficient (Wildman–Crippen LogP) is -0.573. The fraction of sp³-hybridized carbons (Fsp3) is 0.833. The number of amides is 1. The van der Waals surface area contributed by atoms with Gasteiger partial charge in [-0.2, -0.15) is 0 Å². The highest BCUT2D eigenvalue weighted by Crippen LogP contribution is 2.03. The lowest BCUT2D eigenvalue weighted by atomic mass is 10.4. The SMILES string of the molecule is CONC(=O)C1OCCCO1. The average molecular weight is 161 g/mol. The molecule has 0 aromatic carbocycles. The smallest absolute Gasteiger partial charge is 0.300 e. The molecule has 0 atom stereocenters. The first-order valence-corrected chi connectivity index (χ1v) is 3.40. The van der Waals surface area contributed by atoms with Gasteiger partial charge in [-0.05, 0) is 6.42 Å². The molecule has 1 aliphatic rings. The zero-order chi connectivity index (χ0) is 8.10. The Bertz CT molecular complexity index is 133. The van der Waals surface area contributed by atoms with E-state index in [1.165, 1.54) is 7.11 Å². The number of rotatable bonds is 2. The third kappa shape index (κ3) is 2.45. The van der Waals surface area contributed by atoms with Gasteiger partial charge >= 0.3 is 0 Å². The molecule has 5 heteroatoms.